The highest BCUT2D eigenvalue weighted by atomic mass is 16.3. The topological polar surface area (TPSA) is 52.8 Å². The molecule has 25 heavy (non-hydrogen) atoms. The van der Waals surface area contributed by atoms with Crippen molar-refractivity contribution in [1.82, 2.24) is 15.5 Å². The Kier molecular flexibility index (Phi) is 8.60. The van der Waals surface area contributed by atoms with Gasteiger partial charge in [-0.2, -0.15) is 0 Å². The molecule has 0 amide bonds. The first kappa shape index (κ1) is 19.6. The number of hydrogen-bond acceptors (Lipinski definition) is 3. The predicted molar refractivity (Wildman–Crippen MR) is 105 cm³/mol. The number of hydrogen-bond donors (Lipinski definition) is 2. The van der Waals surface area contributed by atoms with Crippen molar-refractivity contribution in [2.45, 2.75) is 39.5 Å². The van der Waals surface area contributed by atoms with E-state index in [9.17, 15) is 0 Å². The van der Waals surface area contributed by atoms with E-state index >= 15 is 0 Å². The van der Waals surface area contributed by atoms with E-state index in [0.717, 1.165) is 49.1 Å². The molecule has 1 aromatic rings. The Morgan fingerprint density at radius 1 is 1.32 bits per heavy atom. The number of piperidine rings is 1. The molecule has 1 aromatic heterocycles. The van der Waals surface area contributed by atoms with Crippen LogP contribution in [0.5, 0.6) is 0 Å². The van der Waals surface area contributed by atoms with Crippen molar-refractivity contribution in [3.05, 3.63) is 36.3 Å². The quantitative estimate of drug-likeness (QED) is 0.312. The minimum Gasteiger partial charge on any atom is -0.469 e. The van der Waals surface area contributed by atoms with Crippen LogP contribution in [0.2, 0.25) is 0 Å². The molecule has 2 N–H and O–H groups in total. The largest absolute Gasteiger partial charge is 0.469 e. The second-order valence-corrected chi connectivity index (χ2v) is 7.18. The molecule has 2 rings (SSSR count). The van der Waals surface area contributed by atoms with Crippen LogP contribution in [-0.4, -0.2) is 50.1 Å². The molecule has 0 radical (unpaired) electrons. The summed E-state index contributed by atoms with van der Waals surface area (Å²) in [6, 6.07) is 3.92. The third kappa shape index (κ3) is 8.25. The molecular formula is C20H34N4O. The van der Waals surface area contributed by atoms with Crippen LogP contribution in [-0.2, 0) is 6.42 Å². The van der Waals surface area contributed by atoms with Crippen molar-refractivity contribution < 1.29 is 4.42 Å². The van der Waals surface area contributed by atoms with E-state index in [1.165, 1.54) is 32.5 Å². The van der Waals surface area contributed by atoms with E-state index < -0.39 is 0 Å². The zero-order valence-electron chi connectivity index (χ0n) is 15.9. The van der Waals surface area contributed by atoms with Gasteiger partial charge in [0.25, 0.3) is 0 Å². The molecule has 0 atom stereocenters. The average Bonchev–Trinajstić information content (AvgIpc) is 3.10. The first-order valence-corrected chi connectivity index (χ1v) is 9.55. The van der Waals surface area contributed by atoms with Gasteiger partial charge in [0.2, 0.25) is 0 Å². The molecular weight excluding hydrogens is 312 g/mol. The number of furan rings is 1. The van der Waals surface area contributed by atoms with E-state index in [-0.39, 0.29) is 0 Å². The summed E-state index contributed by atoms with van der Waals surface area (Å²) in [4.78, 5) is 7.17. The van der Waals surface area contributed by atoms with Crippen molar-refractivity contribution in [1.29, 1.82) is 0 Å². The van der Waals surface area contributed by atoms with Gasteiger partial charge in [-0.1, -0.05) is 19.1 Å². The van der Waals surface area contributed by atoms with Crippen LogP contribution in [0.1, 0.15) is 38.9 Å². The van der Waals surface area contributed by atoms with Gasteiger partial charge in [-0.05, 0) is 63.9 Å². The van der Waals surface area contributed by atoms with E-state index in [1.54, 1.807) is 6.26 Å². The summed E-state index contributed by atoms with van der Waals surface area (Å²) in [6.45, 7) is 14.3. The summed E-state index contributed by atoms with van der Waals surface area (Å²) < 4.78 is 5.37. The Balaban J connectivity index is 1.66. The molecule has 0 aliphatic carbocycles. The molecule has 5 heteroatoms. The number of rotatable bonds is 9. The van der Waals surface area contributed by atoms with Crippen LogP contribution in [0.15, 0.2) is 40.0 Å². The summed E-state index contributed by atoms with van der Waals surface area (Å²) >= 11 is 0. The van der Waals surface area contributed by atoms with Gasteiger partial charge in [-0.15, -0.1) is 0 Å². The molecule has 140 valence electrons. The molecule has 1 saturated heterocycles. The van der Waals surface area contributed by atoms with Gasteiger partial charge in [0.15, 0.2) is 5.96 Å². The van der Waals surface area contributed by atoms with E-state index in [2.05, 4.69) is 34.0 Å². The monoisotopic (exact) mass is 346 g/mol. The number of nitrogens with zero attached hydrogens (tertiary/aromatic N) is 2. The second-order valence-electron chi connectivity index (χ2n) is 7.18. The summed E-state index contributed by atoms with van der Waals surface area (Å²) in [5, 5.41) is 6.83. The first-order valence-electron chi connectivity index (χ1n) is 9.55. The maximum Gasteiger partial charge on any atom is 0.191 e. The van der Waals surface area contributed by atoms with Gasteiger partial charge in [-0.25, -0.2) is 4.99 Å². The molecule has 1 aliphatic heterocycles. The molecule has 0 spiro atoms. The highest BCUT2D eigenvalue weighted by Gasteiger charge is 2.14. The summed E-state index contributed by atoms with van der Waals surface area (Å²) in [5.41, 5.74) is 1.06. The second kappa shape index (κ2) is 11.0. The molecule has 2 heterocycles. The number of guanidine groups is 1. The van der Waals surface area contributed by atoms with Crippen LogP contribution >= 0.6 is 0 Å². The Morgan fingerprint density at radius 2 is 2.08 bits per heavy atom. The van der Waals surface area contributed by atoms with Crippen molar-refractivity contribution in [2.24, 2.45) is 10.9 Å². The Bertz CT molecular complexity index is 516. The molecule has 0 unspecified atom stereocenters. The van der Waals surface area contributed by atoms with Crippen LogP contribution in [0, 0.1) is 5.92 Å². The lowest BCUT2D eigenvalue weighted by molar-refractivity contribution is 0.191. The third-order valence-corrected chi connectivity index (χ3v) is 4.57. The fraction of sp³-hybridized carbons (Fsp3) is 0.650. The van der Waals surface area contributed by atoms with Gasteiger partial charge >= 0.3 is 0 Å². The fourth-order valence-electron chi connectivity index (χ4n) is 2.94. The number of aliphatic imine (C=N–C) groups is 1. The predicted octanol–water partition coefficient (Wildman–Crippen LogP) is 3.06. The Hall–Kier alpha value is -1.75. The Morgan fingerprint density at radius 3 is 2.76 bits per heavy atom. The van der Waals surface area contributed by atoms with Gasteiger partial charge in [0.05, 0.1) is 12.8 Å². The van der Waals surface area contributed by atoms with Crippen molar-refractivity contribution in [3.63, 3.8) is 0 Å². The SMILES string of the molecule is C=C(C)CN=C(NCCCN1CCC(C)CC1)NCCc1ccco1. The van der Waals surface area contributed by atoms with Gasteiger partial charge < -0.3 is 20.0 Å². The smallest absolute Gasteiger partial charge is 0.191 e. The van der Waals surface area contributed by atoms with Crippen LogP contribution in [0.3, 0.4) is 0 Å². The zero-order valence-corrected chi connectivity index (χ0v) is 15.9. The van der Waals surface area contributed by atoms with Gasteiger partial charge in [0, 0.05) is 19.5 Å². The third-order valence-electron chi connectivity index (χ3n) is 4.57. The van der Waals surface area contributed by atoms with E-state index in [4.69, 9.17) is 4.42 Å². The summed E-state index contributed by atoms with van der Waals surface area (Å²) in [5.74, 6) is 2.75. The summed E-state index contributed by atoms with van der Waals surface area (Å²) in [6.07, 6.45) is 6.39. The molecule has 5 nitrogen and oxygen atoms in total. The maximum absolute atomic E-state index is 5.37. The van der Waals surface area contributed by atoms with Gasteiger partial charge in [0.1, 0.15) is 5.76 Å². The highest BCUT2D eigenvalue weighted by molar-refractivity contribution is 5.79. The lowest BCUT2D eigenvalue weighted by Gasteiger charge is -2.30. The molecule has 0 saturated carbocycles. The molecule has 0 bridgehead atoms. The minimum absolute atomic E-state index is 0.653. The lowest BCUT2D eigenvalue weighted by Crippen LogP contribution is -2.40. The maximum atomic E-state index is 5.37. The van der Waals surface area contributed by atoms with Crippen molar-refractivity contribution in [3.8, 4) is 0 Å². The van der Waals surface area contributed by atoms with Crippen LogP contribution in [0.25, 0.3) is 0 Å². The highest BCUT2D eigenvalue weighted by Crippen LogP contribution is 2.15. The minimum atomic E-state index is 0.653. The van der Waals surface area contributed by atoms with E-state index in [0.29, 0.717) is 6.54 Å². The van der Waals surface area contributed by atoms with Crippen LogP contribution < -0.4 is 10.6 Å². The number of nitrogens with one attached hydrogen (secondary N) is 2. The average molecular weight is 347 g/mol. The normalized spacial score (nSPS) is 16.8. The van der Waals surface area contributed by atoms with Crippen molar-refractivity contribution >= 4 is 5.96 Å². The molecule has 1 aliphatic rings. The number of likely N-dealkylation sites (tertiary alicyclic amines) is 1. The fourth-order valence-corrected chi connectivity index (χ4v) is 2.94. The first-order chi connectivity index (χ1) is 12.1. The summed E-state index contributed by atoms with van der Waals surface area (Å²) in [7, 11) is 0. The zero-order chi connectivity index (χ0) is 17.9. The van der Waals surface area contributed by atoms with E-state index in [1.807, 2.05) is 19.1 Å². The lowest BCUT2D eigenvalue weighted by atomic mass is 9.99. The van der Waals surface area contributed by atoms with Crippen molar-refractivity contribution in [2.75, 3.05) is 39.3 Å². The standard InChI is InChI=1S/C20H34N4O/c1-17(2)16-23-20(22-11-7-19-6-4-15-25-19)21-10-5-12-24-13-8-18(3)9-14-24/h4,6,15,18H,1,5,7-14,16H2,2-3H3,(H2,21,22,23). The molecule has 1 fully saturated rings. The van der Waals surface area contributed by atoms with Crippen LogP contribution in [0.4, 0.5) is 0 Å². The van der Waals surface area contributed by atoms with Gasteiger partial charge in [-0.3, -0.25) is 0 Å². The molecule has 0 aromatic carbocycles. The Labute approximate surface area is 152 Å².